The van der Waals surface area contributed by atoms with Crippen molar-refractivity contribution < 1.29 is 19.4 Å². The van der Waals surface area contributed by atoms with Crippen LogP contribution in [0.1, 0.15) is 17.2 Å². The molecule has 0 spiro atoms. The van der Waals surface area contributed by atoms with Gasteiger partial charge in [0.05, 0.1) is 6.61 Å². The van der Waals surface area contributed by atoms with E-state index < -0.39 is 6.04 Å². The van der Waals surface area contributed by atoms with Crippen LogP contribution in [0, 0.1) is 0 Å². The molecular formula is C24H24N2O4. The smallest absolute Gasteiger partial charge is 0.246 e. The number of hydrogen-bond donors (Lipinski definition) is 2. The molecule has 1 unspecified atom stereocenters. The number of aliphatic hydroxyl groups is 1. The summed E-state index contributed by atoms with van der Waals surface area (Å²) in [6, 6.07) is 24.3. The minimum Gasteiger partial charge on any atom is -0.454 e. The number of amides is 1. The van der Waals surface area contributed by atoms with Crippen molar-refractivity contribution in [3.05, 3.63) is 90.0 Å². The molecule has 0 bridgehead atoms. The average molecular weight is 404 g/mol. The Morgan fingerprint density at radius 1 is 0.967 bits per heavy atom. The van der Waals surface area contributed by atoms with Gasteiger partial charge >= 0.3 is 0 Å². The first kappa shape index (κ1) is 19.9. The maximum absolute atomic E-state index is 13.4. The number of anilines is 1. The van der Waals surface area contributed by atoms with Crippen molar-refractivity contribution in [3.8, 4) is 11.5 Å². The molecule has 0 radical (unpaired) electrons. The molecule has 1 heterocycles. The highest BCUT2D eigenvalue weighted by molar-refractivity contribution is 5.95. The van der Waals surface area contributed by atoms with E-state index in [1.165, 1.54) is 0 Å². The SMILES string of the molecule is O=C(Nc1ccc2c(c1)OCO2)C(c1ccccc1)N(CCO)Cc1ccccc1. The summed E-state index contributed by atoms with van der Waals surface area (Å²) in [5.74, 6) is 1.10. The molecule has 1 aliphatic heterocycles. The van der Waals surface area contributed by atoms with Crippen molar-refractivity contribution in [2.75, 3.05) is 25.3 Å². The predicted octanol–water partition coefficient (Wildman–Crippen LogP) is 3.59. The Morgan fingerprint density at radius 3 is 2.40 bits per heavy atom. The summed E-state index contributed by atoms with van der Waals surface area (Å²) < 4.78 is 10.8. The molecule has 0 saturated heterocycles. The third-order valence-corrected chi connectivity index (χ3v) is 4.98. The Labute approximate surface area is 175 Å². The van der Waals surface area contributed by atoms with Crippen molar-refractivity contribution in [2.24, 2.45) is 0 Å². The Hall–Kier alpha value is -3.35. The summed E-state index contributed by atoms with van der Waals surface area (Å²) >= 11 is 0. The molecule has 6 heteroatoms. The van der Waals surface area contributed by atoms with Crippen molar-refractivity contribution in [2.45, 2.75) is 12.6 Å². The zero-order valence-electron chi connectivity index (χ0n) is 16.5. The van der Waals surface area contributed by atoms with Gasteiger partial charge in [-0.25, -0.2) is 0 Å². The topological polar surface area (TPSA) is 71.0 Å². The van der Waals surface area contributed by atoms with Gasteiger partial charge in [-0.15, -0.1) is 0 Å². The third-order valence-electron chi connectivity index (χ3n) is 4.98. The fourth-order valence-electron chi connectivity index (χ4n) is 3.59. The number of nitrogens with one attached hydrogen (secondary N) is 1. The van der Waals surface area contributed by atoms with Crippen molar-refractivity contribution >= 4 is 11.6 Å². The standard InChI is InChI=1S/C24H24N2O4/c27-14-13-26(16-18-7-3-1-4-8-18)23(19-9-5-2-6-10-19)24(28)25-20-11-12-21-22(15-20)30-17-29-21/h1-12,15,23,27H,13-14,16-17H2,(H,25,28). The molecule has 2 N–H and O–H groups in total. The zero-order chi connectivity index (χ0) is 20.8. The predicted molar refractivity (Wildman–Crippen MR) is 114 cm³/mol. The van der Waals surface area contributed by atoms with E-state index in [9.17, 15) is 9.90 Å². The van der Waals surface area contributed by atoms with Gasteiger partial charge in [0.25, 0.3) is 0 Å². The minimum atomic E-state index is -0.566. The first-order valence-electron chi connectivity index (χ1n) is 9.89. The molecule has 0 fully saturated rings. The molecule has 154 valence electrons. The molecule has 3 aromatic rings. The molecule has 1 amide bonds. The van der Waals surface area contributed by atoms with Crippen LogP contribution < -0.4 is 14.8 Å². The monoisotopic (exact) mass is 404 g/mol. The summed E-state index contributed by atoms with van der Waals surface area (Å²) in [7, 11) is 0. The number of nitrogens with zero attached hydrogens (tertiary/aromatic N) is 1. The van der Waals surface area contributed by atoms with Gasteiger partial charge in [0.15, 0.2) is 11.5 Å². The zero-order valence-corrected chi connectivity index (χ0v) is 16.5. The van der Waals surface area contributed by atoms with Crippen LogP contribution in [0.5, 0.6) is 11.5 Å². The van der Waals surface area contributed by atoms with Gasteiger partial charge in [-0.2, -0.15) is 0 Å². The summed E-state index contributed by atoms with van der Waals surface area (Å²) in [6.07, 6.45) is 0. The highest BCUT2D eigenvalue weighted by Gasteiger charge is 2.28. The molecule has 30 heavy (non-hydrogen) atoms. The van der Waals surface area contributed by atoms with E-state index in [1.807, 2.05) is 65.6 Å². The van der Waals surface area contributed by atoms with Gasteiger partial charge in [-0.05, 0) is 23.3 Å². The van der Waals surface area contributed by atoms with Crippen LogP contribution in [0.15, 0.2) is 78.9 Å². The summed E-state index contributed by atoms with van der Waals surface area (Å²) in [4.78, 5) is 15.4. The third kappa shape index (κ3) is 4.62. The largest absolute Gasteiger partial charge is 0.454 e. The number of rotatable bonds is 8. The maximum Gasteiger partial charge on any atom is 0.246 e. The van der Waals surface area contributed by atoms with Gasteiger partial charge in [0.1, 0.15) is 6.04 Å². The Kier molecular flexibility index (Phi) is 6.27. The second-order valence-corrected chi connectivity index (χ2v) is 7.05. The maximum atomic E-state index is 13.4. The molecule has 0 aliphatic carbocycles. The van der Waals surface area contributed by atoms with Crippen LogP contribution in [-0.4, -0.2) is 35.9 Å². The highest BCUT2D eigenvalue weighted by Crippen LogP contribution is 2.35. The quantitative estimate of drug-likeness (QED) is 0.600. The molecule has 6 nitrogen and oxygen atoms in total. The van der Waals surface area contributed by atoms with Gasteiger partial charge in [0, 0.05) is 24.8 Å². The second kappa shape index (κ2) is 9.43. The number of benzene rings is 3. The molecule has 3 aromatic carbocycles. The minimum absolute atomic E-state index is 0.0481. The van der Waals surface area contributed by atoms with Gasteiger partial charge in [-0.1, -0.05) is 60.7 Å². The van der Waals surface area contributed by atoms with E-state index in [-0.39, 0.29) is 19.3 Å². The Balaban J connectivity index is 1.61. The number of carbonyl (C=O) groups is 1. The Morgan fingerprint density at radius 2 is 1.67 bits per heavy atom. The van der Waals surface area contributed by atoms with Crippen molar-refractivity contribution in [3.63, 3.8) is 0 Å². The van der Waals surface area contributed by atoms with Crippen LogP contribution in [0.25, 0.3) is 0 Å². The number of fused-ring (bicyclic) bond motifs is 1. The van der Waals surface area contributed by atoms with Gasteiger partial charge in [-0.3, -0.25) is 9.69 Å². The van der Waals surface area contributed by atoms with Gasteiger partial charge in [0.2, 0.25) is 12.7 Å². The fraction of sp³-hybridized carbons (Fsp3) is 0.208. The van der Waals surface area contributed by atoms with Crippen LogP contribution in [-0.2, 0) is 11.3 Å². The highest BCUT2D eigenvalue weighted by atomic mass is 16.7. The molecule has 4 rings (SSSR count). The molecule has 0 aromatic heterocycles. The second-order valence-electron chi connectivity index (χ2n) is 7.05. The number of hydrogen-bond acceptors (Lipinski definition) is 5. The summed E-state index contributed by atoms with van der Waals surface area (Å²) in [5, 5.41) is 12.7. The lowest BCUT2D eigenvalue weighted by atomic mass is 10.0. The van der Waals surface area contributed by atoms with E-state index in [0.29, 0.717) is 30.3 Å². The molecular weight excluding hydrogens is 380 g/mol. The van der Waals surface area contributed by atoms with Crippen molar-refractivity contribution in [1.82, 2.24) is 4.90 Å². The lowest BCUT2D eigenvalue weighted by Gasteiger charge is -2.31. The number of aliphatic hydroxyl groups excluding tert-OH is 1. The molecule has 1 aliphatic rings. The Bertz CT molecular complexity index is 979. The van der Waals surface area contributed by atoms with E-state index >= 15 is 0 Å². The van der Waals surface area contributed by atoms with E-state index in [2.05, 4.69) is 5.32 Å². The first-order valence-corrected chi connectivity index (χ1v) is 9.89. The van der Waals surface area contributed by atoms with Gasteiger partial charge < -0.3 is 19.9 Å². The van der Waals surface area contributed by atoms with Crippen LogP contribution in [0.4, 0.5) is 5.69 Å². The van der Waals surface area contributed by atoms with Crippen LogP contribution >= 0.6 is 0 Å². The summed E-state index contributed by atoms with van der Waals surface area (Å²) in [6.45, 7) is 1.03. The normalized spacial score (nSPS) is 13.3. The van der Waals surface area contributed by atoms with E-state index in [1.54, 1.807) is 18.2 Å². The lowest BCUT2D eigenvalue weighted by molar-refractivity contribution is -0.122. The number of carbonyl (C=O) groups excluding carboxylic acids is 1. The average Bonchev–Trinajstić information content (AvgIpc) is 3.23. The lowest BCUT2D eigenvalue weighted by Crippen LogP contribution is -2.38. The fourth-order valence-corrected chi connectivity index (χ4v) is 3.59. The van der Waals surface area contributed by atoms with E-state index in [0.717, 1.165) is 11.1 Å². The number of ether oxygens (including phenoxy) is 2. The molecule has 0 saturated carbocycles. The van der Waals surface area contributed by atoms with Crippen LogP contribution in [0.2, 0.25) is 0 Å². The first-order chi connectivity index (χ1) is 14.7. The van der Waals surface area contributed by atoms with E-state index in [4.69, 9.17) is 9.47 Å². The summed E-state index contributed by atoms with van der Waals surface area (Å²) in [5.41, 5.74) is 2.57. The molecule has 1 atom stereocenters. The van der Waals surface area contributed by atoms with Crippen LogP contribution in [0.3, 0.4) is 0 Å². The van der Waals surface area contributed by atoms with Crippen molar-refractivity contribution in [1.29, 1.82) is 0 Å².